The van der Waals surface area contributed by atoms with E-state index in [-0.39, 0.29) is 17.7 Å². The van der Waals surface area contributed by atoms with E-state index < -0.39 is 22.0 Å². The first-order valence-corrected chi connectivity index (χ1v) is 8.11. The topological polar surface area (TPSA) is 92.7 Å². The highest BCUT2D eigenvalue weighted by Crippen LogP contribution is 2.27. The van der Waals surface area contributed by atoms with Crippen LogP contribution >= 0.6 is 15.9 Å². The van der Waals surface area contributed by atoms with Gasteiger partial charge in [0.15, 0.2) is 0 Å². The Bertz CT molecular complexity index is 588. The van der Waals surface area contributed by atoms with Crippen LogP contribution in [-0.4, -0.2) is 32.6 Å². The van der Waals surface area contributed by atoms with Crippen LogP contribution in [0.1, 0.15) is 19.8 Å². The molecule has 0 aliphatic rings. The molecular weight excluding hydrogens is 350 g/mol. The van der Waals surface area contributed by atoms with Gasteiger partial charge in [-0.1, -0.05) is 0 Å². The molecule has 0 aromatic heterocycles. The third-order valence-corrected chi connectivity index (χ3v) is 4.79. The lowest BCUT2D eigenvalue weighted by molar-refractivity contribution is -0.137. The lowest BCUT2D eigenvalue weighted by Gasteiger charge is -2.14. The quantitative estimate of drug-likeness (QED) is 0.770. The first-order chi connectivity index (χ1) is 9.26. The molecule has 0 amide bonds. The summed E-state index contributed by atoms with van der Waals surface area (Å²) < 4.78 is 32.2. The monoisotopic (exact) mass is 365 g/mol. The second-order valence-corrected chi connectivity index (χ2v) is 6.82. The van der Waals surface area contributed by atoms with Crippen molar-refractivity contribution < 1.29 is 23.1 Å². The molecule has 1 rings (SSSR count). The third-order valence-electron chi connectivity index (χ3n) is 2.58. The molecule has 1 atom stereocenters. The molecule has 0 saturated heterocycles. The van der Waals surface area contributed by atoms with E-state index in [0.29, 0.717) is 10.2 Å². The summed E-state index contributed by atoms with van der Waals surface area (Å²) >= 11 is 3.22. The standard InChI is InChI=1S/C12H16BrNO5S/c1-8(3-6-12(15)16)14-20(17,18)9-4-5-11(19-2)10(13)7-9/h4-5,7-8,14H,3,6H2,1-2H3,(H,15,16). The number of hydrogen-bond acceptors (Lipinski definition) is 4. The molecule has 0 saturated carbocycles. The minimum Gasteiger partial charge on any atom is -0.496 e. The van der Waals surface area contributed by atoms with Crippen molar-refractivity contribution in [3.63, 3.8) is 0 Å². The fraction of sp³-hybridized carbons (Fsp3) is 0.417. The molecule has 112 valence electrons. The Kier molecular flexibility index (Phi) is 5.97. The number of carboxylic acid groups (broad SMARTS) is 1. The first kappa shape index (κ1) is 16.9. The Morgan fingerprint density at radius 1 is 1.50 bits per heavy atom. The average Bonchev–Trinajstić information content (AvgIpc) is 2.35. The van der Waals surface area contributed by atoms with Gasteiger partial charge in [0, 0.05) is 12.5 Å². The number of sulfonamides is 1. The summed E-state index contributed by atoms with van der Waals surface area (Å²) in [6, 6.07) is 3.94. The summed E-state index contributed by atoms with van der Waals surface area (Å²) in [7, 11) is -2.20. The van der Waals surface area contributed by atoms with Gasteiger partial charge in [-0.25, -0.2) is 13.1 Å². The van der Waals surface area contributed by atoms with Gasteiger partial charge in [-0.05, 0) is 47.5 Å². The minimum absolute atomic E-state index is 0.0873. The predicted octanol–water partition coefficient (Wildman–Crippen LogP) is 1.99. The summed E-state index contributed by atoms with van der Waals surface area (Å²) in [5, 5.41) is 8.57. The van der Waals surface area contributed by atoms with Gasteiger partial charge < -0.3 is 9.84 Å². The van der Waals surface area contributed by atoms with E-state index in [1.54, 1.807) is 13.0 Å². The maximum absolute atomic E-state index is 12.1. The summed E-state index contributed by atoms with van der Waals surface area (Å²) in [5.41, 5.74) is 0. The van der Waals surface area contributed by atoms with E-state index in [4.69, 9.17) is 9.84 Å². The van der Waals surface area contributed by atoms with Crippen molar-refractivity contribution in [2.45, 2.75) is 30.7 Å². The fourth-order valence-electron chi connectivity index (χ4n) is 1.55. The van der Waals surface area contributed by atoms with Crippen molar-refractivity contribution in [1.29, 1.82) is 0 Å². The Labute approximate surface area is 126 Å². The zero-order valence-corrected chi connectivity index (χ0v) is 13.5. The van der Waals surface area contributed by atoms with Gasteiger partial charge in [0.1, 0.15) is 5.75 Å². The fourth-order valence-corrected chi connectivity index (χ4v) is 3.54. The zero-order valence-electron chi connectivity index (χ0n) is 11.1. The summed E-state index contributed by atoms with van der Waals surface area (Å²) in [6.07, 6.45) is 0.141. The van der Waals surface area contributed by atoms with Gasteiger partial charge in [0.05, 0.1) is 16.5 Å². The van der Waals surface area contributed by atoms with Crippen molar-refractivity contribution in [3.05, 3.63) is 22.7 Å². The van der Waals surface area contributed by atoms with Gasteiger partial charge in [-0.15, -0.1) is 0 Å². The molecule has 0 bridgehead atoms. The number of benzene rings is 1. The minimum atomic E-state index is -3.68. The normalized spacial score (nSPS) is 12.9. The molecule has 1 unspecified atom stereocenters. The molecule has 1 aromatic rings. The molecule has 0 radical (unpaired) electrons. The highest BCUT2D eigenvalue weighted by atomic mass is 79.9. The largest absolute Gasteiger partial charge is 0.496 e. The van der Waals surface area contributed by atoms with E-state index in [1.807, 2.05) is 0 Å². The highest BCUT2D eigenvalue weighted by Gasteiger charge is 2.19. The van der Waals surface area contributed by atoms with Crippen LogP contribution in [0.3, 0.4) is 0 Å². The molecule has 0 aliphatic heterocycles. The molecule has 0 aliphatic carbocycles. The molecular formula is C12H16BrNO5S. The van der Waals surface area contributed by atoms with Crippen LogP contribution in [0.15, 0.2) is 27.6 Å². The molecule has 20 heavy (non-hydrogen) atoms. The first-order valence-electron chi connectivity index (χ1n) is 5.84. The van der Waals surface area contributed by atoms with Gasteiger partial charge >= 0.3 is 5.97 Å². The number of rotatable bonds is 7. The molecule has 6 nitrogen and oxygen atoms in total. The number of aliphatic carboxylic acids is 1. The van der Waals surface area contributed by atoms with Crippen LogP contribution in [0.4, 0.5) is 0 Å². The second kappa shape index (κ2) is 7.05. The number of halogens is 1. The van der Waals surface area contributed by atoms with Crippen molar-refractivity contribution >= 4 is 31.9 Å². The maximum Gasteiger partial charge on any atom is 0.303 e. The van der Waals surface area contributed by atoms with Crippen LogP contribution in [-0.2, 0) is 14.8 Å². The highest BCUT2D eigenvalue weighted by molar-refractivity contribution is 9.10. The third kappa shape index (κ3) is 4.77. The summed E-state index contributed by atoms with van der Waals surface area (Å²) in [6.45, 7) is 1.62. The number of ether oxygens (including phenoxy) is 1. The van der Waals surface area contributed by atoms with Gasteiger partial charge in [-0.2, -0.15) is 0 Å². The van der Waals surface area contributed by atoms with Crippen LogP contribution in [0.25, 0.3) is 0 Å². The van der Waals surface area contributed by atoms with E-state index in [1.165, 1.54) is 19.2 Å². The van der Waals surface area contributed by atoms with Gasteiger partial charge in [0.2, 0.25) is 10.0 Å². The second-order valence-electron chi connectivity index (χ2n) is 4.25. The molecule has 8 heteroatoms. The summed E-state index contributed by atoms with van der Waals surface area (Å²) in [4.78, 5) is 10.5. The maximum atomic E-state index is 12.1. The smallest absolute Gasteiger partial charge is 0.303 e. The number of hydrogen-bond donors (Lipinski definition) is 2. The van der Waals surface area contributed by atoms with Crippen LogP contribution < -0.4 is 9.46 Å². The summed E-state index contributed by atoms with van der Waals surface area (Å²) in [5.74, 6) is -0.425. The number of nitrogens with one attached hydrogen (secondary N) is 1. The number of carboxylic acids is 1. The van der Waals surface area contributed by atoms with Gasteiger partial charge in [0.25, 0.3) is 0 Å². The van der Waals surface area contributed by atoms with Crippen molar-refractivity contribution in [2.75, 3.05) is 7.11 Å². The Morgan fingerprint density at radius 3 is 2.65 bits per heavy atom. The Morgan fingerprint density at radius 2 is 2.15 bits per heavy atom. The Hall–Kier alpha value is -1.12. The SMILES string of the molecule is COc1ccc(S(=O)(=O)NC(C)CCC(=O)O)cc1Br. The number of methoxy groups -OCH3 is 1. The average molecular weight is 366 g/mol. The van der Waals surface area contributed by atoms with Gasteiger partial charge in [-0.3, -0.25) is 4.79 Å². The number of carbonyl (C=O) groups is 1. The van der Waals surface area contributed by atoms with E-state index in [9.17, 15) is 13.2 Å². The molecule has 0 spiro atoms. The molecule has 1 aromatic carbocycles. The van der Waals surface area contributed by atoms with E-state index in [0.717, 1.165) is 0 Å². The van der Waals surface area contributed by atoms with Crippen molar-refractivity contribution in [1.82, 2.24) is 4.72 Å². The van der Waals surface area contributed by atoms with E-state index >= 15 is 0 Å². The van der Waals surface area contributed by atoms with Crippen LogP contribution in [0.5, 0.6) is 5.75 Å². The predicted molar refractivity (Wildman–Crippen MR) is 77.3 cm³/mol. The lowest BCUT2D eigenvalue weighted by Crippen LogP contribution is -2.33. The van der Waals surface area contributed by atoms with Crippen molar-refractivity contribution in [2.24, 2.45) is 0 Å². The lowest BCUT2D eigenvalue weighted by atomic mass is 10.2. The zero-order chi connectivity index (χ0) is 15.3. The molecule has 0 fully saturated rings. The molecule has 2 N–H and O–H groups in total. The van der Waals surface area contributed by atoms with E-state index in [2.05, 4.69) is 20.7 Å². The molecule has 0 heterocycles. The Balaban J connectivity index is 2.83. The van der Waals surface area contributed by atoms with Crippen LogP contribution in [0, 0.1) is 0 Å². The van der Waals surface area contributed by atoms with Crippen molar-refractivity contribution in [3.8, 4) is 5.75 Å². The van der Waals surface area contributed by atoms with Crippen LogP contribution in [0.2, 0.25) is 0 Å².